The SMILES string of the molecule is Cc1onc(-c2ccccc2)c1C(=O)OCc1cc(=O)n2c(C)csc2n1. The molecule has 8 heteroatoms. The zero-order valence-corrected chi connectivity index (χ0v) is 15.4. The highest BCUT2D eigenvalue weighted by Crippen LogP contribution is 2.26. The van der Waals surface area contributed by atoms with Gasteiger partial charge in [-0.05, 0) is 13.8 Å². The van der Waals surface area contributed by atoms with Crippen LogP contribution in [-0.2, 0) is 11.3 Å². The van der Waals surface area contributed by atoms with Gasteiger partial charge in [0.2, 0.25) is 0 Å². The lowest BCUT2D eigenvalue weighted by Gasteiger charge is -2.05. The number of fused-ring (bicyclic) bond motifs is 1. The maximum Gasteiger partial charge on any atom is 0.344 e. The summed E-state index contributed by atoms with van der Waals surface area (Å²) in [5, 5.41) is 5.83. The van der Waals surface area contributed by atoms with Crippen molar-refractivity contribution in [1.82, 2.24) is 14.5 Å². The van der Waals surface area contributed by atoms with E-state index in [0.29, 0.717) is 22.1 Å². The van der Waals surface area contributed by atoms with Crippen molar-refractivity contribution in [3.8, 4) is 11.3 Å². The molecule has 0 bridgehead atoms. The molecular formula is C19H15N3O4S. The Morgan fingerprint density at radius 3 is 2.81 bits per heavy atom. The van der Waals surface area contributed by atoms with E-state index in [9.17, 15) is 9.59 Å². The zero-order chi connectivity index (χ0) is 19.0. The van der Waals surface area contributed by atoms with Crippen LogP contribution in [0.4, 0.5) is 0 Å². The van der Waals surface area contributed by atoms with Crippen LogP contribution in [0.5, 0.6) is 0 Å². The molecule has 0 N–H and O–H groups in total. The van der Waals surface area contributed by atoms with Crippen molar-refractivity contribution in [3.63, 3.8) is 0 Å². The van der Waals surface area contributed by atoms with E-state index < -0.39 is 5.97 Å². The van der Waals surface area contributed by atoms with E-state index in [0.717, 1.165) is 11.3 Å². The van der Waals surface area contributed by atoms with Crippen molar-refractivity contribution in [1.29, 1.82) is 0 Å². The summed E-state index contributed by atoms with van der Waals surface area (Å²) < 4.78 is 12.1. The van der Waals surface area contributed by atoms with E-state index >= 15 is 0 Å². The number of aromatic nitrogens is 3. The molecule has 0 aliphatic heterocycles. The quantitative estimate of drug-likeness (QED) is 0.504. The number of hydrogen-bond donors (Lipinski definition) is 0. The summed E-state index contributed by atoms with van der Waals surface area (Å²) in [6.45, 7) is 3.38. The highest BCUT2D eigenvalue weighted by Gasteiger charge is 2.23. The lowest BCUT2D eigenvalue weighted by molar-refractivity contribution is 0.0466. The second-order valence-electron chi connectivity index (χ2n) is 5.99. The van der Waals surface area contributed by atoms with Gasteiger partial charge in [-0.3, -0.25) is 9.20 Å². The molecule has 0 aliphatic rings. The van der Waals surface area contributed by atoms with Gasteiger partial charge in [-0.1, -0.05) is 35.5 Å². The fourth-order valence-corrected chi connectivity index (χ4v) is 3.68. The number of thiazole rings is 1. The zero-order valence-electron chi connectivity index (χ0n) is 14.6. The number of esters is 1. The normalized spacial score (nSPS) is 11.0. The summed E-state index contributed by atoms with van der Waals surface area (Å²) in [5.41, 5.74) is 2.47. The summed E-state index contributed by atoms with van der Waals surface area (Å²) >= 11 is 1.36. The summed E-state index contributed by atoms with van der Waals surface area (Å²) in [4.78, 5) is 29.8. The Hall–Kier alpha value is -3.26. The standard InChI is InChI=1S/C19H15N3O4S/c1-11-10-27-19-20-14(8-15(23)22(11)19)9-25-18(24)16-12(2)26-21-17(16)13-6-4-3-5-7-13/h3-8,10H,9H2,1-2H3. The van der Waals surface area contributed by atoms with E-state index in [1.165, 1.54) is 21.8 Å². The van der Waals surface area contributed by atoms with Crippen molar-refractivity contribution in [2.75, 3.05) is 0 Å². The average molecular weight is 381 g/mol. The van der Waals surface area contributed by atoms with Crippen LogP contribution in [0.2, 0.25) is 0 Å². The number of nitrogens with zero attached hydrogens (tertiary/aromatic N) is 3. The van der Waals surface area contributed by atoms with Gasteiger partial charge in [-0.15, -0.1) is 11.3 Å². The van der Waals surface area contributed by atoms with E-state index in [4.69, 9.17) is 9.26 Å². The second kappa shape index (κ2) is 6.81. The van der Waals surface area contributed by atoms with Gasteiger partial charge in [-0.2, -0.15) is 0 Å². The molecule has 136 valence electrons. The molecule has 3 heterocycles. The molecule has 0 atom stereocenters. The van der Waals surface area contributed by atoms with Gasteiger partial charge in [0.15, 0.2) is 4.96 Å². The molecule has 0 amide bonds. The molecule has 3 aromatic heterocycles. The molecule has 0 unspecified atom stereocenters. The van der Waals surface area contributed by atoms with E-state index in [-0.39, 0.29) is 17.7 Å². The van der Waals surface area contributed by atoms with Crippen LogP contribution in [0.25, 0.3) is 16.2 Å². The van der Waals surface area contributed by atoms with Gasteiger partial charge in [0.05, 0.1) is 5.69 Å². The van der Waals surface area contributed by atoms with Crippen LogP contribution in [0.1, 0.15) is 27.5 Å². The molecule has 4 aromatic rings. The molecule has 0 aliphatic carbocycles. The largest absolute Gasteiger partial charge is 0.455 e. The van der Waals surface area contributed by atoms with Crippen LogP contribution in [0, 0.1) is 13.8 Å². The first-order valence-corrected chi connectivity index (χ1v) is 9.08. The topological polar surface area (TPSA) is 86.7 Å². The first kappa shape index (κ1) is 17.2. The molecule has 1 aromatic carbocycles. The van der Waals surface area contributed by atoms with Gasteiger partial charge in [-0.25, -0.2) is 9.78 Å². The minimum atomic E-state index is -0.572. The Morgan fingerprint density at radius 2 is 2.04 bits per heavy atom. The van der Waals surface area contributed by atoms with E-state index in [1.807, 2.05) is 42.6 Å². The van der Waals surface area contributed by atoms with Gasteiger partial charge in [0.25, 0.3) is 5.56 Å². The highest BCUT2D eigenvalue weighted by atomic mass is 32.1. The van der Waals surface area contributed by atoms with Gasteiger partial charge < -0.3 is 9.26 Å². The molecule has 0 fully saturated rings. The van der Waals surface area contributed by atoms with E-state index in [1.54, 1.807) is 6.92 Å². The minimum Gasteiger partial charge on any atom is -0.455 e. The van der Waals surface area contributed by atoms with Crippen LogP contribution < -0.4 is 5.56 Å². The highest BCUT2D eigenvalue weighted by molar-refractivity contribution is 7.15. The smallest absolute Gasteiger partial charge is 0.344 e. The molecule has 27 heavy (non-hydrogen) atoms. The van der Waals surface area contributed by atoms with Crippen molar-refractivity contribution in [3.05, 3.63) is 74.8 Å². The second-order valence-corrected chi connectivity index (χ2v) is 6.82. The Labute approximate surface area is 157 Å². The number of rotatable bonds is 4. The van der Waals surface area contributed by atoms with Crippen molar-refractivity contribution in [2.24, 2.45) is 0 Å². The fourth-order valence-electron chi connectivity index (χ4n) is 2.79. The number of carbonyl (C=O) groups is 1. The monoisotopic (exact) mass is 381 g/mol. The first-order chi connectivity index (χ1) is 13.0. The summed E-state index contributed by atoms with van der Waals surface area (Å²) in [6.07, 6.45) is 0. The molecule has 7 nitrogen and oxygen atoms in total. The predicted molar refractivity (Wildman–Crippen MR) is 99.9 cm³/mol. The Balaban J connectivity index is 1.59. The number of benzene rings is 1. The summed E-state index contributed by atoms with van der Waals surface area (Å²) in [7, 11) is 0. The fraction of sp³-hybridized carbons (Fsp3) is 0.158. The Morgan fingerprint density at radius 1 is 1.26 bits per heavy atom. The number of ether oxygens (including phenoxy) is 1. The van der Waals surface area contributed by atoms with Crippen molar-refractivity contribution < 1.29 is 14.1 Å². The summed E-state index contributed by atoms with van der Waals surface area (Å²) in [5.74, 6) is -0.201. The Kier molecular flexibility index (Phi) is 4.33. The van der Waals surface area contributed by atoms with Crippen molar-refractivity contribution in [2.45, 2.75) is 20.5 Å². The van der Waals surface area contributed by atoms with Crippen LogP contribution in [0.15, 0.2) is 51.1 Å². The van der Waals surface area contributed by atoms with Crippen LogP contribution in [-0.4, -0.2) is 20.5 Å². The van der Waals surface area contributed by atoms with E-state index in [2.05, 4.69) is 10.1 Å². The summed E-state index contributed by atoms with van der Waals surface area (Å²) in [6, 6.07) is 10.6. The van der Waals surface area contributed by atoms with Gasteiger partial charge in [0.1, 0.15) is 23.6 Å². The van der Waals surface area contributed by atoms with Crippen molar-refractivity contribution >= 4 is 22.3 Å². The predicted octanol–water partition coefficient (Wildman–Crippen LogP) is 3.38. The third-order valence-electron chi connectivity index (χ3n) is 4.09. The molecule has 0 saturated carbocycles. The number of carbonyl (C=O) groups excluding carboxylic acids is 1. The van der Waals surface area contributed by atoms with Crippen LogP contribution in [0.3, 0.4) is 0 Å². The minimum absolute atomic E-state index is 0.111. The third-order valence-corrected chi connectivity index (χ3v) is 5.04. The maximum absolute atomic E-state index is 12.6. The lowest BCUT2D eigenvalue weighted by atomic mass is 10.1. The molecule has 4 rings (SSSR count). The molecule has 0 spiro atoms. The third kappa shape index (κ3) is 3.15. The number of aryl methyl sites for hydroxylation is 2. The van der Waals surface area contributed by atoms with Gasteiger partial charge >= 0.3 is 5.97 Å². The first-order valence-electron chi connectivity index (χ1n) is 8.20. The van der Waals surface area contributed by atoms with Gasteiger partial charge in [0, 0.05) is 22.7 Å². The maximum atomic E-state index is 12.6. The van der Waals surface area contributed by atoms with Crippen LogP contribution >= 0.6 is 11.3 Å². The molecular weight excluding hydrogens is 366 g/mol. The number of hydrogen-bond acceptors (Lipinski definition) is 7. The Bertz CT molecular complexity index is 1190. The molecule has 0 radical (unpaired) electrons. The molecule has 0 saturated heterocycles. The average Bonchev–Trinajstić information content (AvgIpc) is 3.24. The lowest BCUT2D eigenvalue weighted by Crippen LogP contribution is -2.16.